The van der Waals surface area contributed by atoms with E-state index in [1.54, 1.807) is 0 Å². The molecule has 2 bridgehead atoms. The molecule has 0 spiro atoms. The minimum Gasteiger partial charge on any atom is -0.490 e. The number of ether oxygens (including phenoxy) is 2. The van der Waals surface area contributed by atoms with E-state index in [0.717, 1.165) is 24.2 Å². The predicted octanol–water partition coefficient (Wildman–Crippen LogP) is 3.10. The van der Waals surface area contributed by atoms with E-state index in [1.165, 1.54) is 12.8 Å². The molecule has 0 radical (unpaired) electrons. The van der Waals surface area contributed by atoms with Crippen molar-refractivity contribution in [3.8, 4) is 11.5 Å². The van der Waals surface area contributed by atoms with E-state index in [9.17, 15) is 4.79 Å². The molecule has 22 heavy (non-hydrogen) atoms. The van der Waals surface area contributed by atoms with Crippen LogP contribution in [0.3, 0.4) is 0 Å². The van der Waals surface area contributed by atoms with Crippen LogP contribution in [0.15, 0.2) is 18.2 Å². The number of esters is 1. The van der Waals surface area contributed by atoms with Crippen LogP contribution < -0.4 is 9.47 Å². The first-order chi connectivity index (χ1) is 10.6. The molecule has 0 amide bonds. The minimum atomic E-state index is -0.138. The van der Waals surface area contributed by atoms with Crippen LogP contribution in [0.4, 0.5) is 0 Å². The van der Waals surface area contributed by atoms with Gasteiger partial charge in [-0.1, -0.05) is 6.92 Å². The van der Waals surface area contributed by atoms with Gasteiger partial charge in [-0.3, -0.25) is 4.79 Å². The van der Waals surface area contributed by atoms with E-state index in [1.807, 2.05) is 12.1 Å². The molecule has 3 heterocycles. The number of carbonyl (C=O) groups is 1. The van der Waals surface area contributed by atoms with Crippen LogP contribution in [-0.4, -0.2) is 36.1 Å². The molecule has 2 fully saturated rings. The molecule has 3 atom stereocenters. The molecule has 0 N–H and O–H groups in total. The molecule has 0 aliphatic carbocycles. The summed E-state index contributed by atoms with van der Waals surface area (Å²) in [6, 6.07) is 7.24. The lowest BCUT2D eigenvalue weighted by atomic mass is 9.94. The highest BCUT2D eigenvalue weighted by Gasteiger charge is 2.39. The van der Waals surface area contributed by atoms with Crippen LogP contribution in [0, 0.1) is 0 Å². The third-order valence-electron chi connectivity index (χ3n) is 5.57. The van der Waals surface area contributed by atoms with Crippen molar-refractivity contribution >= 4 is 5.97 Å². The van der Waals surface area contributed by atoms with E-state index >= 15 is 0 Å². The zero-order valence-electron chi connectivity index (χ0n) is 13.2. The van der Waals surface area contributed by atoms with Gasteiger partial charge in [0.15, 0.2) is 0 Å². The zero-order chi connectivity index (χ0) is 15.3. The molecule has 1 aromatic carbocycles. The quantitative estimate of drug-likeness (QED) is 0.621. The highest BCUT2D eigenvalue weighted by Crippen LogP contribution is 2.39. The lowest BCUT2D eigenvalue weighted by Crippen LogP contribution is -2.43. The first-order valence-corrected chi connectivity index (χ1v) is 8.33. The van der Waals surface area contributed by atoms with Crippen LogP contribution in [-0.2, 0) is 4.79 Å². The van der Waals surface area contributed by atoms with E-state index in [0.29, 0.717) is 30.4 Å². The first-order valence-electron chi connectivity index (χ1n) is 8.33. The van der Waals surface area contributed by atoms with Crippen LogP contribution in [0.5, 0.6) is 11.5 Å². The molecular formula is C18H23NO3. The number of hydrogen-bond acceptors (Lipinski definition) is 4. The second kappa shape index (κ2) is 5.27. The van der Waals surface area contributed by atoms with Gasteiger partial charge in [-0.25, -0.2) is 0 Å². The SMILES string of the molecule is CC1CC(=O)Oc2ccc(OC3CC4CCC(C3)N4C)cc21. The third-order valence-corrected chi connectivity index (χ3v) is 5.57. The zero-order valence-corrected chi connectivity index (χ0v) is 13.2. The van der Waals surface area contributed by atoms with Gasteiger partial charge < -0.3 is 14.4 Å². The van der Waals surface area contributed by atoms with Crippen molar-refractivity contribution < 1.29 is 14.3 Å². The van der Waals surface area contributed by atoms with E-state index in [-0.39, 0.29) is 11.9 Å². The van der Waals surface area contributed by atoms with Crippen molar-refractivity contribution in [2.45, 2.75) is 63.1 Å². The van der Waals surface area contributed by atoms with Gasteiger partial charge in [0.05, 0.1) is 6.42 Å². The normalized spacial score (nSPS) is 34.2. The van der Waals surface area contributed by atoms with Crippen molar-refractivity contribution in [1.82, 2.24) is 4.90 Å². The van der Waals surface area contributed by atoms with Crippen LogP contribution >= 0.6 is 0 Å². The highest BCUT2D eigenvalue weighted by molar-refractivity contribution is 5.76. The van der Waals surface area contributed by atoms with Gasteiger partial charge in [0.25, 0.3) is 0 Å². The Hall–Kier alpha value is -1.55. The number of rotatable bonds is 2. The molecule has 4 heteroatoms. The van der Waals surface area contributed by atoms with Crippen LogP contribution in [0.2, 0.25) is 0 Å². The largest absolute Gasteiger partial charge is 0.490 e. The third kappa shape index (κ3) is 2.39. The molecule has 3 aliphatic rings. The Balaban J connectivity index is 1.50. The lowest BCUT2D eigenvalue weighted by Gasteiger charge is -2.36. The summed E-state index contributed by atoms with van der Waals surface area (Å²) >= 11 is 0. The van der Waals surface area contributed by atoms with Crippen molar-refractivity contribution in [2.75, 3.05) is 7.05 Å². The Morgan fingerprint density at radius 2 is 1.95 bits per heavy atom. The van der Waals surface area contributed by atoms with Gasteiger partial charge >= 0.3 is 5.97 Å². The smallest absolute Gasteiger partial charge is 0.311 e. The van der Waals surface area contributed by atoms with Crippen molar-refractivity contribution in [3.05, 3.63) is 23.8 Å². The summed E-state index contributed by atoms with van der Waals surface area (Å²) in [5.41, 5.74) is 1.09. The van der Waals surface area contributed by atoms with Gasteiger partial charge in [0.2, 0.25) is 0 Å². The summed E-state index contributed by atoms with van der Waals surface area (Å²) in [6.07, 6.45) is 5.61. The fourth-order valence-electron chi connectivity index (χ4n) is 4.25. The van der Waals surface area contributed by atoms with Crippen molar-refractivity contribution in [3.63, 3.8) is 0 Å². The molecule has 3 unspecified atom stereocenters. The topological polar surface area (TPSA) is 38.8 Å². The molecule has 1 aromatic rings. The fraction of sp³-hybridized carbons (Fsp3) is 0.611. The van der Waals surface area contributed by atoms with Crippen molar-refractivity contribution in [1.29, 1.82) is 0 Å². The second-order valence-electron chi connectivity index (χ2n) is 7.04. The summed E-state index contributed by atoms with van der Waals surface area (Å²) < 4.78 is 11.6. The standard InChI is InChI=1S/C18H23NO3/c1-11-7-18(20)22-17-6-5-14(10-16(11)17)21-15-8-12-3-4-13(9-15)19(12)2/h5-6,10-13,15H,3-4,7-9H2,1-2H3. The molecule has 118 valence electrons. The summed E-state index contributed by atoms with van der Waals surface area (Å²) in [4.78, 5) is 14.0. The van der Waals surface area contributed by atoms with Gasteiger partial charge in [0, 0.05) is 17.6 Å². The first kappa shape index (κ1) is 14.1. The Labute approximate surface area is 131 Å². The molecule has 4 nitrogen and oxygen atoms in total. The van der Waals surface area contributed by atoms with Gasteiger partial charge in [0.1, 0.15) is 17.6 Å². The molecule has 4 rings (SSSR count). The van der Waals surface area contributed by atoms with Crippen LogP contribution in [0.1, 0.15) is 50.5 Å². The summed E-state index contributed by atoms with van der Waals surface area (Å²) in [6.45, 7) is 2.07. The number of nitrogens with zero attached hydrogens (tertiary/aromatic N) is 1. The number of benzene rings is 1. The minimum absolute atomic E-state index is 0.138. The molecule has 0 saturated carbocycles. The monoisotopic (exact) mass is 301 g/mol. The number of piperidine rings is 1. The Kier molecular flexibility index (Phi) is 3.37. The Morgan fingerprint density at radius 1 is 1.23 bits per heavy atom. The van der Waals surface area contributed by atoms with Gasteiger partial charge in [-0.15, -0.1) is 0 Å². The number of carbonyl (C=O) groups excluding carboxylic acids is 1. The fourth-order valence-corrected chi connectivity index (χ4v) is 4.25. The summed E-state index contributed by atoms with van der Waals surface area (Å²) in [7, 11) is 2.24. The Morgan fingerprint density at radius 3 is 2.68 bits per heavy atom. The van der Waals surface area contributed by atoms with E-state index in [2.05, 4.69) is 24.9 Å². The average Bonchev–Trinajstić information content (AvgIpc) is 2.71. The lowest BCUT2D eigenvalue weighted by molar-refractivity contribution is -0.135. The second-order valence-corrected chi connectivity index (χ2v) is 7.04. The molecule has 3 aliphatic heterocycles. The average molecular weight is 301 g/mol. The Bertz CT molecular complexity index is 586. The van der Waals surface area contributed by atoms with Gasteiger partial charge in [-0.05, 0) is 56.8 Å². The summed E-state index contributed by atoms with van der Waals surface area (Å²) in [5.74, 6) is 1.67. The number of hydrogen-bond donors (Lipinski definition) is 0. The summed E-state index contributed by atoms with van der Waals surface area (Å²) in [5, 5.41) is 0. The molecule has 2 saturated heterocycles. The molecular weight excluding hydrogens is 278 g/mol. The van der Waals surface area contributed by atoms with Gasteiger partial charge in [-0.2, -0.15) is 0 Å². The predicted molar refractivity (Wildman–Crippen MR) is 83.3 cm³/mol. The maximum absolute atomic E-state index is 11.5. The van der Waals surface area contributed by atoms with E-state index < -0.39 is 0 Å². The van der Waals surface area contributed by atoms with E-state index in [4.69, 9.17) is 9.47 Å². The highest BCUT2D eigenvalue weighted by atomic mass is 16.5. The molecule has 0 aromatic heterocycles. The number of fused-ring (bicyclic) bond motifs is 3. The van der Waals surface area contributed by atoms with Crippen LogP contribution in [0.25, 0.3) is 0 Å². The maximum Gasteiger partial charge on any atom is 0.311 e. The maximum atomic E-state index is 11.5. The van der Waals surface area contributed by atoms with Crippen molar-refractivity contribution in [2.24, 2.45) is 0 Å².